The summed E-state index contributed by atoms with van der Waals surface area (Å²) in [6.45, 7) is 6.20. The number of nitrogens with one attached hydrogen (secondary N) is 2. The lowest BCUT2D eigenvalue weighted by Gasteiger charge is -2.14. The highest BCUT2D eigenvalue weighted by atomic mass is 15.3. The molecule has 1 aromatic rings. The zero-order valence-corrected chi connectivity index (χ0v) is 13.5. The molecule has 6 heteroatoms. The Kier molecular flexibility index (Phi) is 6.02. The largest absolute Gasteiger partial charge is 0.356 e. The van der Waals surface area contributed by atoms with Crippen LogP contribution in [0.3, 0.4) is 0 Å². The number of nitrogens with zero attached hydrogens (tertiary/aromatic N) is 4. The average Bonchev–Trinajstić information content (AvgIpc) is 2.69. The van der Waals surface area contributed by atoms with Gasteiger partial charge >= 0.3 is 0 Å². The van der Waals surface area contributed by atoms with Crippen LogP contribution in [0.1, 0.15) is 51.2 Å². The van der Waals surface area contributed by atoms with E-state index in [1.807, 2.05) is 0 Å². The third kappa shape index (κ3) is 4.72. The van der Waals surface area contributed by atoms with Crippen LogP contribution in [0.2, 0.25) is 0 Å². The molecule has 0 aromatic carbocycles. The highest BCUT2D eigenvalue weighted by molar-refractivity contribution is 5.79. The molecule has 0 bridgehead atoms. The van der Waals surface area contributed by atoms with Gasteiger partial charge in [0, 0.05) is 39.0 Å². The minimum absolute atomic E-state index is 0.392. The molecule has 21 heavy (non-hydrogen) atoms. The SMILES string of the molecule is CN=C(NCCCc1nnc2n1CCCCC2)NC(C)C. The number of guanidine groups is 1. The fraction of sp³-hybridized carbons (Fsp3) is 0.800. The van der Waals surface area contributed by atoms with Gasteiger partial charge < -0.3 is 15.2 Å². The van der Waals surface area contributed by atoms with Crippen molar-refractivity contribution < 1.29 is 0 Å². The van der Waals surface area contributed by atoms with Crippen LogP contribution in [0, 0.1) is 0 Å². The summed E-state index contributed by atoms with van der Waals surface area (Å²) in [6, 6.07) is 0.392. The normalized spacial score (nSPS) is 15.7. The standard InChI is InChI=1S/C15H28N6/c1-12(2)18-15(16-3)17-10-7-9-14-20-19-13-8-5-4-6-11-21(13)14/h12H,4-11H2,1-3H3,(H2,16,17,18). The molecule has 0 unspecified atom stereocenters. The Morgan fingerprint density at radius 3 is 2.90 bits per heavy atom. The minimum Gasteiger partial charge on any atom is -0.356 e. The summed E-state index contributed by atoms with van der Waals surface area (Å²) in [7, 11) is 1.80. The molecule has 1 aliphatic heterocycles. The summed E-state index contributed by atoms with van der Waals surface area (Å²) in [6.07, 6.45) is 6.89. The van der Waals surface area contributed by atoms with Gasteiger partial charge in [0.05, 0.1) is 0 Å². The number of hydrogen-bond donors (Lipinski definition) is 2. The quantitative estimate of drug-likeness (QED) is 0.490. The van der Waals surface area contributed by atoms with Gasteiger partial charge in [-0.05, 0) is 33.1 Å². The van der Waals surface area contributed by atoms with Crippen molar-refractivity contribution in [3.8, 4) is 0 Å². The maximum Gasteiger partial charge on any atom is 0.191 e. The summed E-state index contributed by atoms with van der Waals surface area (Å²) < 4.78 is 2.33. The van der Waals surface area contributed by atoms with Gasteiger partial charge in [0.15, 0.2) is 5.96 Å². The second-order valence-electron chi connectivity index (χ2n) is 5.90. The van der Waals surface area contributed by atoms with Crippen LogP contribution in [0.4, 0.5) is 0 Å². The van der Waals surface area contributed by atoms with E-state index in [2.05, 4.69) is 44.2 Å². The van der Waals surface area contributed by atoms with Crippen LogP contribution in [-0.2, 0) is 19.4 Å². The number of aryl methyl sites for hydroxylation is 2. The Hall–Kier alpha value is -1.59. The van der Waals surface area contributed by atoms with E-state index in [0.717, 1.165) is 44.1 Å². The van der Waals surface area contributed by atoms with Gasteiger partial charge in [-0.1, -0.05) is 6.42 Å². The molecule has 2 heterocycles. The van der Waals surface area contributed by atoms with Gasteiger partial charge in [0.25, 0.3) is 0 Å². The fourth-order valence-corrected chi connectivity index (χ4v) is 2.65. The van der Waals surface area contributed by atoms with Crippen LogP contribution in [0.25, 0.3) is 0 Å². The van der Waals surface area contributed by atoms with E-state index in [4.69, 9.17) is 0 Å². The fourth-order valence-electron chi connectivity index (χ4n) is 2.65. The van der Waals surface area contributed by atoms with E-state index in [-0.39, 0.29) is 0 Å². The number of hydrogen-bond acceptors (Lipinski definition) is 3. The molecular formula is C15H28N6. The third-order valence-electron chi connectivity index (χ3n) is 3.70. The van der Waals surface area contributed by atoms with Crippen LogP contribution >= 0.6 is 0 Å². The maximum absolute atomic E-state index is 4.36. The molecule has 0 saturated carbocycles. The van der Waals surface area contributed by atoms with E-state index in [9.17, 15) is 0 Å². The number of rotatable bonds is 5. The molecule has 0 fully saturated rings. The van der Waals surface area contributed by atoms with E-state index in [1.54, 1.807) is 7.05 Å². The summed E-state index contributed by atoms with van der Waals surface area (Å²) in [5.74, 6) is 3.18. The van der Waals surface area contributed by atoms with Crippen molar-refractivity contribution in [2.45, 2.75) is 65.0 Å². The molecule has 1 aliphatic rings. The van der Waals surface area contributed by atoms with Crippen LogP contribution in [0.15, 0.2) is 4.99 Å². The van der Waals surface area contributed by atoms with Crippen molar-refractivity contribution in [1.82, 2.24) is 25.4 Å². The zero-order chi connectivity index (χ0) is 15.1. The number of aliphatic imine (C=N–C) groups is 1. The first-order valence-electron chi connectivity index (χ1n) is 8.09. The Morgan fingerprint density at radius 1 is 1.29 bits per heavy atom. The molecule has 2 N–H and O–H groups in total. The van der Waals surface area contributed by atoms with E-state index < -0.39 is 0 Å². The van der Waals surface area contributed by atoms with Gasteiger partial charge in [0.2, 0.25) is 0 Å². The monoisotopic (exact) mass is 292 g/mol. The Balaban J connectivity index is 1.77. The summed E-state index contributed by atoms with van der Waals surface area (Å²) in [5, 5.41) is 15.3. The van der Waals surface area contributed by atoms with Crippen molar-refractivity contribution in [2.75, 3.05) is 13.6 Å². The first-order valence-corrected chi connectivity index (χ1v) is 8.09. The lowest BCUT2D eigenvalue weighted by Crippen LogP contribution is -2.41. The van der Waals surface area contributed by atoms with Gasteiger partial charge in [-0.25, -0.2) is 0 Å². The van der Waals surface area contributed by atoms with E-state index >= 15 is 0 Å². The first-order chi connectivity index (χ1) is 10.2. The highest BCUT2D eigenvalue weighted by Gasteiger charge is 2.14. The topological polar surface area (TPSA) is 67.1 Å². The van der Waals surface area contributed by atoms with Crippen LogP contribution in [0.5, 0.6) is 0 Å². The molecular weight excluding hydrogens is 264 g/mol. The number of fused-ring (bicyclic) bond motifs is 1. The second-order valence-corrected chi connectivity index (χ2v) is 5.90. The summed E-state index contributed by atoms with van der Waals surface area (Å²) in [4.78, 5) is 4.21. The molecule has 0 radical (unpaired) electrons. The lowest BCUT2D eigenvalue weighted by molar-refractivity contribution is 0.593. The Labute approximate surface area is 127 Å². The minimum atomic E-state index is 0.392. The first kappa shape index (κ1) is 15.8. The molecule has 0 atom stereocenters. The van der Waals surface area contributed by atoms with Gasteiger partial charge in [-0.2, -0.15) is 0 Å². The molecule has 1 aromatic heterocycles. The lowest BCUT2D eigenvalue weighted by atomic mass is 10.2. The predicted molar refractivity (Wildman–Crippen MR) is 85.5 cm³/mol. The molecule has 0 saturated heterocycles. The van der Waals surface area contributed by atoms with Crippen molar-refractivity contribution in [1.29, 1.82) is 0 Å². The summed E-state index contributed by atoms with van der Waals surface area (Å²) in [5.41, 5.74) is 0. The zero-order valence-electron chi connectivity index (χ0n) is 13.5. The maximum atomic E-state index is 4.36. The van der Waals surface area contributed by atoms with Crippen molar-refractivity contribution >= 4 is 5.96 Å². The highest BCUT2D eigenvalue weighted by Crippen LogP contribution is 2.15. The van der Waals surface area contributed by atoms with E-state index in [1.165, 1.54) is 25.1 Å². The smallest absolute Gasteiger partial charge is 0.191 e. The van der Waals surface area contributed by atoms with E-state index in [0.29, 0.717) is 6.04 Å². The Morgan fingerprint density at radius 2 is 2.14 bits per heavy atom. The molecule has 0 amide bonds. The van der Waals surface area contributed by atoms with Gasteiger partial charge in [0.1, 0.15) is 11.6 Å². The molecule has 6 nitrogen and oxygen atoms in total. The van der Waals surface area contributed by atoms with Gasteiger partial charge in [-0.15, -0.1) is 10.2 Å². The molecule has 0 aliphatic carbocycles. The van der Waals surface area contributed by atoms with Crippen molar-refractivity contribution in [3.05, 3.63) is 11.6 Å². The van der Waals surface area contributed by atoms with Crippen molar-refractivity contribution in [2.24, 2.45) is 4.99 Å². The average molecular weight is 292 g/mol. The number of aromatic nitrogens is 3. The third-order valence-corrected chi connectivity index (χ3v) is 3.70. The predicted octanol–water partition coefficient (Wildman–Crippen LogP) is 1.51. The molecule has 0 spiro atoms. The van der Waals surface area contributed by atoms with Gasteiger partial charge in [-0.3, -0.25) is 4.99 Å². The Bertz CT molecular complexity index is 463. The van der Waals surface area contributed by atoms with Crippen LogP contribution in [-0.4, -0.2) is 40.4 Å². The second kappa shape index (κ2) is 8.00. The van der Waals surface area contributed by atoms with Crippen molar-refractivity contribution in [3.63, 3.8) is 0 Å². The summed E-state index contributed by atoms with van der Waals surface area (Å²) >= 11 is 0. The van der Waals surface area contributed by atoms with Crippen LogP contribution < -0.4 is 10.6 Å². The molecule has 2 rings (SSSR count). The molecule has 118 valence electrons.